The molecular weight excluding hydrogens is 395 g/mol. The number of aromatic nitrogens is 1. The number of rotatable bonds is 6. The van der Waals surface area contributed by atoms with Crippen LogP contribution in [0.5, 0.6) is 0 Å². The maximum Gasteiger partial charge on any atom is 0.417 e. The molecule has 4 nitrogen and oxygen atoms in total. The van der Waals surface area contributed by atoms with E-state index in [-0.39, 0.29) is 16.6 Å². The number of hydrogen-bond donors (Lipinski definition) is 0. The fourth-order valence-corrected chi connectivity index (χ4v) is 4.19. The largest absolute Gasteiger partial charge is 0.417 e. The fraction of sp³-hybridized carbons (Fsp3) is 0.389. The molecule has 0 bridgehead atoms. The molecule has 1 atom stereocenters. The summed E-state index contributed by atoms with van der Waals surface area (Å²) in [6.07, 6.45) is -4.69. The number of halogens is 3. The number of nitrogens with zero attached hydrogens (tertiary/aromatic N) is 3. The van der Waals surface area contributed by atoms with Crippen LogP contribution >= 0.6 is 23.1 Å². The van der Waals surface area contributed by atoms with Crippen molar-refractivity contribution >= 4 is 29.0 Å². The number of alkyl halides is 3. The second-order valence-electron chi connectivity index (χ2n) is 5.59. The van der Waals surface area contributed by atoms with E-state index in [0.29, 0.717) is 18.0 Å². The number of thioether (sulfide) groups is 1. The Balaban J connectivity index is 2.52. The van der Waals surface area contributed by atoms with Crippen molar-refractivity contribution in [3.8, 4) is 16.6 Å². The van der Waals surface area contributed by atoms with Crippen LogP contribution in [0.25, 0.3) is 10.6 Å². The number of hydrogen-bond acceptors (Lipinski definition) is 5. The summed E-state index contributed by atoms with van der Waals surface area (Å²) < 4.78 is 40.5. The number of carbonyl (C=O) groups excluding carboxylic acids is 1. The zero-order chi connectivity index (χ0) is 20.2. The van der Waals surface area contributed by atoms with Crippen molar-refractivity contribution < 1.29 is 18.0 Å². The molecule has 9 heteroatoms. The number of nitriles is 1. The third-order valence-electron chi connectivity index (χ3n) is 3.89. The number of carbonyl (C=O) groups is 1. The molecule has 2 aromatic heterocycles. The van der Waals surface area contributed by atoms with Gasteiger partial charge in [-0.3, -0.25) is 4.79 Å². The minimum absolute atomic E-state index is 0.0799. The van der Waals surface area contributed by atoms with Gasteiger partial charge in [-0.05, 0) is 38.3 Å². The summed E-state index contributed by atoms with van der Waals surface area (Å²) in [5.41, 5.74) is -1.44. The summed E-state index contributed by atoms with van der Waals surface area (Å²) in [6, 6.07) is 5.89. The Morgan fingerprint density at radius 2 is 2.07 bits per heavy atom. The predicted octanol–water partition coefficient (Wildman–Crippen LogP) is 5.05. The molecule has 1 amide bonds. The molecule has 2 heterocycles. The van der Waals surface area contributed by atoms with Gasteiger partial charge in [0.2, 0.25) is 5.91 Å². The van der Waals surface area contributed by atoms with Gasteiger partial charge in [0.1, 0.15) is 11.1 Å². The predicted molar refractivity (Wildman–Crippen MR) is 101 cm³/mol. The first kappa shape index (κ1) is 21.3. The van der Waals surface area contributed by atoms with Crippen LogP contribution in [0.3, 0.4) is 0 Å². The van der Waals surface area contributed by atoms with Crippen LogP contribution in [0, 0.1) is 11.3 Å². The number of thiophene rings is 1. The molecular formula is C18H18F3N3OS2. The molecule has 0 saturated carbocycles. The van der Waals surface area contributed by atoms with Crippen LogP contribution in [-0.2, 0) is 11.0 Å². The molecule has 27 heavy (non-hydrogen) atoms. The van der Waals surface area contributed by atoms with Crippen molar-refractivity contribution in [2.75, 3.05) is 13.1 Å². The second kappa shape index (κ2) is 8.76. The highest BCUT2D eigenvalue weighted by Crippen LogP contribution is 2.39. The van der Waals surface area contributed by atoms with Crippen LogP contribution in [-0.4, -0.2) is 34.1 Å². The molecule has 1 unspecified atom stereocenters. The van der Waals surface area contributed by atoms with Crippen LogP contribution in [0.15, 0.2) is 28.6 Å². The van der Waals surface area contributed by atoms with Crippen LogP contribution in [0.2, 0.25) is 0 Å². The first-order valence-electron chi connectivity index (χ1n) is 8.24. The Morgan fingerprint density at radius 1 is 1.41 bits per heavy atom. The lowest BCUT2D eigenvalue weighted by Gasteiger charge is -2.23. The summed E-state index contributed by atoms with van der Waals surface area (Å²) in [7, 11) is 0. The van der Waals surface area contributed by atoms with E-state index in [1.807, 2.05) is 13.8 Å². The second-order valence-corrected chi connectivity index (χ2v) is 7.87. The molecule has 2 rings (SSSR count). The summed E-state index contributed by atoms with van der Waals surface area (Å²) >= 11 is 2.14. The summed E-state index contributed by atoms with van der Waals surface area (Å²) in [5.74, 6) is -0.203. The molecule has 0 spiro atoms. The number of pyridine rings is 1. The molecule has 2 aromatic rings. The maximum absolute atomic E-state index is 13.5. The third kappa shape index (κ3) is 4.82. The summed E-state index contributed by atoms with van der Waals surface area (Å²) in [6.45, 7) is 6.27. The summed E-state index contributed by atoms with van der Waals surface area (Å²) in [4.78, 5) is 18.9. The minimum Gasteiger partial charge on any atom is -0.342 e. The van der Waals surface area contributed by atoms with E-state index in [1.165, 1.54) is 11.3 Å². The first-order chi connectivity index (χ1) is 12.7. The molecule has 0 N–H and O–H groups in total. The van der Waals surface area contributed by atoms with Gasteiger partial charge in [0.05, 0.1) is 26.9 Å². The van der Waals surface area contributed by atoms with Crippen LogP contribution in [0.1, 0.15) is 31.9 Å². The van der Waals surface area contributed by atoms with E-state index in [4.69, 9.17) is 0 Å². The topological polar surface area (TPSA) is 57.0 Å². The van der Waals surface area contributed by atoms with E-state index < -0.39 is 22.6 Å². The molecule has 0 aliphatic carbocycles. The Morgan fingerprint density at radius 3 is 2.56 bits per heavy atom. The molecule has 0 saturated heterocycles. The molecule has 144 valence electrons. The Labute approximate surface area is 164 Å². The van der Waals surface area contributed by atoms with Gasteiger partial charge < -0.3 is 4.90 Å². The van der Waals surface area contributed by atoms with Gasteiger partial charge in [-0.15, -0.1) is 11.3 Å². The standard InChI is InChI=1S/C18H18F3N3OS2/c1-4-24(5-2)17(25)11(3)27-16-12(10-22)13(18(19,20)21)9-14(23-16)15-7-6-8-26-15/h6-9,11H,4-5H2,1-3H3. The van der Waals surface area contributed by atoms with Crippen molar-refractivity contribution in [1.82, 2.24) is 9.88 Å². The highest BCUT2D eigenvalue weighted by Gasteiger charge is 2.37. The van der Waals surface area contributed by atoms with Crippen molar-refractivity contribution in [2.45, 2.75) is 37.2 Å². The summed E-state index contributed by atoms with van der Waals surface area (Å²) in [5, 5.41) is 10.3. The van der Waals surface area contributed by atoms with E-state index in [2.05, 4.69) is 4.98 Å². The van der Waals surface area contributed by atoms with Gasteiger partial charge in [0.15, 0.2) is 0 Å². The van der Waals surface area contributed by atoms with Crippen LogP contribution in [0.4, 0.5) is 13.2 Å². The smallest absolute Gasteiger partial charge is 0.342 e. The first-order valence-corrected chi connectivity index (χ1v) is 10.00. The van der Waals surface area contributed by atoms with Gasteiger partial charge in [0, 0.05) is 13.1 Å². The fourth-order valence-electron chi connectivity index (χ4n) is 2.50. The zero-order valence-corrected chi connectivity index (χ0v) is 16.6. The Kier molecular flexibility index (Phi) is 6.89. The SMILES string of the molecule is CCN(CC)C(=O)C(C)Sc1nc(-c2cccs2)cc(C(F)(F)F)c1C#N. The lowest BCUT2D eigenvalue weighted by Crippen LogP contribution is -2.36. The molecule has 0 fully saturated rings. The Hall–Kier alpha value is -2.05. The van der Waals surface area contributed by atoms with E-state index in [1.54, 1.807) is 35.4 Å². The maximum atomic E-state index is 13.5. The molecule has 0 aliphatic rings. The number of amides is 1. The lowest BCUT2D eigenvalue weighted by molar-refractivity contribution is -0.138. The third-order valence-corrected chi connectivity index (χ3v) is 5.85. The van der Waals surface area contributed by atoms with E-state index >= 15 is 0 Å². The van der Waals surface area contributed by atoms with Gasteiger partial charge >= 0.3 is 6.18 Å². The van der Waals surface area contributed by atoms with Gasteiger partial charge in [-0.25, -0.2) is 4.98 Å². The van der Waals surface area contributed by atoms with Crippen LogP contribution < -0.4 is 0 Å². The highest BCUT2D eigenvalue weighted by atomic mass is 32.2. The highest BCUT2D eigenvalue weighted by molar-refractivity contribution is 8.00. The average molecular weight is 413 g/mol. The van der Waals surface area contributed by atoms with E-state index in [0.717, 1.165) is 17.8 Å². The van der Waals surface area contributed by atoms with Crippen molar-refractivity contribution in [1.29, 1.82) is 5.26 Å². The van der Waals surface area contributed by atoms with Crippen molar-refractivity contribution in [3.63, 3.8) is 0 Å². The monoisotopic (exact) mass is 413 g/mol. The quantitative estimate of drug-likeness (QED) is 0.622. The molecule has 0 aliphatic heterocycles. The zero-order valence-electron chi connectivity index (χ0n) is 15.0. The van der Waals surface area contributed by atoms with Gasteiger partial charge in [0.25, 0.3) is 0 Å². The van der Waals surface area contributed by atoms with Gasteiger partial charge in [-0.1, -0.05) is 17.8 Å². The molecule has 0 radical (unpaired) electrons. The van der Waals surface area contributed by atoms with Gasteiger partial charge in [-0.2, -0.15) is 18.4 Å². The average Bonchev–Trinajstić information content (AvgIpc) is 3.15. The minimum atomic E-state index is -4.69. The normalized spacial score (nSPS) is 12.5. The lowest BCUT2D eigenvalue weighted by atomic mass is 10.1. The van der Waals surface area contributed by atoms with E-state index in [9.17, 15) is 23.2 Å². The molecule has 0 aromatic carbocycles. The Bertz CT molecular complexity index is 841. The van der Waals surface area contributed by atoms with Crippen molar-refractivity contribution in [2.24, 2.45) is 0 Å². The van der Waals surface area contributed by atoms with Crippen molar-refractivity contribution in [3.05, 3.63) is 34.7 Å².